The van der Waals surface area contributed by atoms with Gasteiger partial charge in [-0.3, -0.25) is 0 Å². The zero-order valence-corrected chi connectivity index (χ0v) is 16.1. The van der Waals surface area contributed by atoms with Crippen LogP contribution in [0.5, 0.6) is 0 Å². The first-order valence-electron chi connectivity index (χ1n) is 9.32. The zero-order chi connectivity index (χ0) is 18.5. The van der Waals surface area contributed by atoms with Crippen LogP contribution in [0.2, 0.25) is 0 Å². The van der Waals surface area contributed by atoms with Gasteiger partial charge in [0, 0.05) is 36.0 Å². The molecule has 2 rings (SSSR count). The quantitative estimate of drug-likeness (QED) is 0.406. The summed E-state index contributed by atoms with van der Waals surface area (Å²) < 4.78 is 0. The molecule has 142 valence electrons. The van der Waals surface area contributed by atoms with Crippen LogP contribution in [0, 0.1) is 0 Å². The van der Waals surface area contributed by atoms with E-state index in [9.17, 15) is 5.11 Å². The van der Waals surface area contributed by atoms with Crippen molar-refractivity contribution in [2.24, 2.45) is 0 Å². The Labute approximate surface area is 161 Å². The maximum atomic E-state index is 9.51. The highest BCUT2D eigenvalue weighted by Crippen LogP contribution is 2.32. The zero-order valence-electron chi connectivity index (χ0n) is 15.3. The molecule has 0 aliphatic carbocycles. The fourth-order valence-corrected chi connectivity index (χ4v) is 3.73. The van der Waals surface area contributed by atoms with Crippen LogP contribution in [-0.2, 0) is 13.2 Å². The Balaban J connectivity index is 1.76. The maximum absolute atomic E-state index is 9.51. The largest absolute Gasteiger partial charge is 0.396 e. The number of hydrogen-bond acceptors (Lipinski definition) is 5. The van der Waals surface area contributed by atoms with Crippen LogP contribution >= 0.6 is 11.8 Å². The van der Waals surface area contributed by atoms with Crippen molar-refractivity contribution in [3.63, 3.8) is 0 Å². The minimum absolute atomic E-state index is 0.0631. The van der Waals surface area contributed by atoms with E-state index in [1.54, 1.807) is 11.8 Å². The molecule has 0 bridgehead atoms. The number of aliphatic hydroxyl groups is 2. The first-order valence-corrected chi connectivity index (χ1v) is 10.1. The molecule has 2 aromatic rings. The summed E-state index contributed by atoms with van der Waals surface area (Å²) in [5.74, 6) is 0. The van der Waals surface area contributed by atoms with Crippen LogP contribution in [0.25, 0.3) is 0 Å². The van der Waals surface area contributed by atoms with Gasteiger partial charge >= 0.3 is 0 Å². The third-order valence-electron chi connectivity index (χ3n) is 4.14. The van der Waals surface area contributed by atoms with Crippen molar-refractivity contribution in [2.75, 3.05) is 26.2 Å². The fourth-order valence-electron chi connectivity index (χ4n) is 2.67. The highest BCUT2D eigenvalue weighted by Gasteiger charge is 2.07. The number of nitrogens with one attached hydrogen (secondary N) is 2. The second kappa shape index (κ2) is 12.9. The Morgan fingerprint density at radius 1 is 0.692 bits per heavy atom. The molecule has 2 aromatic carbocycles. The van der Waals surface area contributed by atoms with Crippen LogP contribution in [0.4, 0.5) is 0 Å². The molecule has 0 heterocycles. The van der Waals surface area contributed by atoms with E-state index < -0.39 is 0 Å². The predicted molar refractivity (Wildman–Crippen MR) is 108 cm³/mol. The third kappa shape index (κ3) is 7.48. The van der Waals surface area contributed by atoms with Crippen molar-refractivity contribution >= 4 is 11.8 Å². The maximum Gasteiger partial charge on any atom is 0.0692 e. The predicted octanol–water partition coefficient (Wildman–Crippen LogP) is 3.17. The summed E-state index contributed by atoms with van der Waals surface area (Å²) in [6.45, 7) is 4.06. The van der Waals surface area contributed by atoms with Gasteiger partial charge in [0.2, 0.25) is 0 Å². The van der Waals surface area contributed by atoms with Crippen LogP contribution in [-0.4, -0.2) is 36.5 Å². The Morgan fingerprint density at radius 2 is 1.35 bits per heavy atom. The number of hydrogen-bond donors (Lipinski definition) is 4. The molecular weight excluding hydrogens is 344 g/mol. The van der Waals surface area contributed by atoms with Gasteiger partial charge in [0.25, 0.3) is 0 Å². The van der Waals surface area contributed by atoms with E-state index in [0.717, 1.165) is 55.9 Å². The van der Waals surface area contributed by atoms with Crippen molar-refractivity contribution < 1.29 is 10.2 Å². The van der Waals surface area contributed by atoms with Crippen molar-refractivity contribution in [3.05, 3.63) is 59.7 Å². The van der Waals surface area contributed by atoms with E-state index in [2.05, 4.69) is 41.0 Å². The van der Waals surface area contributed by atoms with Crippen molar-refractivity contribution in [1.29, 1.82) is 0 Å². The first kappa shape index (κ1) is 20.9. The molecule has 0 aliphatic heterocycles. The van der Waals surface area contributed by atoms with E-state index >= 15 is 0 Å². The third-order valence-corrected chi connectivity index (χ3v) is 5.38. The first-order chi connectivity index (χ1) is 12.8. The van der Waals surface area contributed by atoms with Gasteiger partial charge in [-0.25, -0.2) is 0 Å². The summed E-state index contributed by atoms with van der Waals surface area (Å²) in [6.07, 6.45) is 3.09. The lowest BCUT2D eigenvalue weighted by Gasteiger charge is -2.12. The fraction of sp³-hybridized carbons (Fsp3) is 0.429. The van der Waals surface area contributed by atoms with E-state index in [0.29, 0.717) is 6.61 Å². The normalized spacial score (nSPS) is 11.0. The standard InChI is InChI=1S/C21H30N2O2S/c24-15-7-1-6-12-22-13-14-23-16-18-8-2-4-10-20(18)26-21-11-5-3-9-19(21)17-25/h2-5,8-11,22-25H,1,6-7,12-17H2. The lowest BCUT2D eigenvalue weighted by Crippen LogP contribution is -2.27. The molecular formula is C21H30N2O2S. The van der Waals surface area contributed by atoms with Gasteiger partial charge < -0.3 is 20.8 Å². The van der Waals surface area contributed by atoms with Crippen molar-refractivity contribution in [1.82, 2.24) is 10.6 Å². The second-order valence-corrected chi connectivity index (χ2v) is 7.27. The van der Waals surface area contributed by atoms with Crippen LogP contribution < -0.4 is 10.6 Å². The minimum Gasteiger partial charge on any atom is -0.396 e. The number of benzene rings is 2. The Hall–Kier alpha value is -1.37. The molecule has 0 fully saturated rings. The molecule has 0 amide bonds. The molecule has 0 spiro atoms. The molecule has 0 aliphatic rings. The van der Waals surface area contributed by atoms with Gasteiger partial charge in [0.1, 0.15) is 0 Å². The number of aliphatic hydroxyl groups excluding tert-OH is 2. The highest BCUT2D eigenvalue weighted by molar-refractivity contribution is 7.99. The molecule has 0 aromatic heterocycles. The Morgan fingerprint density at radius 3 is 2.08 bits per heavy atom. The summed E-state index contributed by atoms with van der Waals surface area (Å²) in [5, 5.41) is 25.2. The molecule has 4 N–H and O–H groups in total. The molecule has 0 unspecified atom stereocenters. The average molecular weight is 375 g/mol. The van der Waals surface area contributed by atoms with Gasteiger partial charge in [-0.15, -0.1) is 0 Å². The number of rotatable bonds is 13. The molecule has 5 heteroatoms. The average Bonchev–Trinajstić information content (AvgIpc) is 2.68. The molecule has 4 nitrogen and oxygen atoms in total. The van der Waals surface area contributed by atoms with Crippen LogP contribution in [0.15, 0.2) is 58.3 Å². The topological polar surface area (TPSA) is 64.5 Å². The van der Waals surface area contributed by atoms with E-state index in [-0.39, 0.29) is 6.61 Å². The molecule has 0 radical (unpaired) electrons. The summed E-state index contributed by atoms with van der Waals surface area (Å²) in [6, 6.07) is 16.4. The van der Waals surface area contributed by atoms with Crippen molar-refractivity contribution in [3.8, 4) is 0 Å². The molecule has 0 atom stereocenters. The smallest absolute Gasteiger partial charge is 0.0692 e. The van der Waals surface area contributed by atoms with Crippen LogP contribution in [0.3, 0.4) is 0 Å². The van der Waals surface area contributed by atoms with E-state index in [1.165, 1.54) is 10.5 Å². The molecule has 0 saturated heterocycles. The highest BCUT2D eigenvalue weighted by atomic mass is 32.2. The Kier molecular flexibility index (Phi) is 10.4. The van der Waals surface area contributed by atoms with Gasteiger partial charge in [0.05, 0.1) is 6.61 Å². The summed E-state index contributed by atoms with van der Waals surface area (Å²) >= 11 is 1.71. The van der Waals surface area contributed by atoms with Gasteiger partial charge in [0.15, 0.2) is 0 Å². The summed E-state index contributed by atoms with van der Waals surface area (Å²) in [7, 11) is 0. The van der Waals surface area contributed by atoms with Gasteiger partial charge in [-0.1, -0.05) is 48.2 Å². The van der Waals surface area contributed by atoms with E-state index in [4.69, 9.17) is 5.11 Å². The summed E-state index contributed by atoms with van der Waals surface area (Å²) in [5.41, 5.74) is 2.24. The van der Waals surface area contributed by atoms with E-state index in [1.807, 2.05) is 18.2 Å². The second-order valence-electron chi connectivity index (χ2n) is 6.19. The minimum atomic E-state index is 0.0631. The van der Waals surface area contributed by atoms with Crippen LogP contribution in [0.1, 0.15) is 30.4 Å². The molecule has 0 saturated carbocycles. The monoisotopic (exact) mass is 374 g/mol. The Bertz CT molecular complexity index is 637. The SMILES string of the molecule is OCCCCCNCCNCc1ccccc1Sc1ccccc1CO. The number of unbranched alkanes of at least 4 members (excludes halogenated alkanes) is 2. The van der Waals surface area contributed by atoms with Crippen molar-refractivity contribution in [2.45, 2.75) is 42.2 Å². The lowest BCUT2D eigenvalue weighted by atomic mass is 10.2. The molecule has 26 heavy (non-hydrogen) atoms. The lowest BCUT2D eigenvalue weighted by molar-refractivity contribution is 0.279. The summed E-state index contributed by atoms with van der Waals surface area (Å²) in [4.78, 5) is 2.32. The van der Waals surface area contributed by atoms with Gasteiger partial charge in [-0.2, -0.15) is 0 Å². The van der Waals surface area contributed by atoms with Gasteiger partial charge in [-0.05, 0) is 49.1 Å².